The van der Waals surface area contributed by atoms with Gasteiger partial charge >= 0.3 is 0 Å². The first-order valence-electron chi connectivity index (χ1n) is 5.70. The molecule has 2 aromatic rings. The molecule has 3 rings (SSSR count). The van der Waals surface area contributed by atoms with Crippen molar-refractivity contribution in [3.05, 3.63) is 16.2 Å². The lowest BCUT2D eigenvalue weighted by Gasteiger charge is -1.95. The van der Waals surface area contributed by atoms with Crippen molar-refractivity contribution >= 4 is 11.3 Å². The fraction of sp³-hybridized carbons (Fsp3) is 0.545. The van der Waals surface area contributed by atoms with E-state index in [1.165, 1.54) is 11.3 Å². The van der Waals surface area contributed by atoms with Gasteiger partial charge in [0, 0.05) is 11.3 Å². The van der Waals surface area contributed by atoms with Gasteiger partial charge in [-0.15, -0.1) is 11.3 Å². The van der Waals surface area contributed by atoms with E-state index < -0.39 is 0 Å². The van der Waals surface area contributed by atoms with Crippen LogP contribution in [0.3, 0.4) is 0 Å². The van der Waals surface area contributed by atoms with Crippen molar-refractivity contribution in [2.75, 3.05) is 0 Å². The largest absolute Gasteiger partial charge is 0.332 e. The second-order valence-corrected chi connectivity index (χ2v) is 5.53. The number of nitrogens with two attached hydrogens (primary N) is 1. The van der Waals surface area contributed by atoms with Gasteiger partial charge in [0.1, 0.15) is 10.7 Å². The summed E-state index contributed by atoms with van der Waals surface area (Å²) in [6.07, 6.45) is 1.15. The fourth-order valence-electron chi connectivity index (χ4n) is 1.77. The highest BCUT2D eigenvalue weighted by Gasteiger charge is 2.38. The van der Waals surface area contributed by atoms with Crippen LogP contribution in [0.4, 0.5) is 0 Å². The summed E-state index contributed by atoms with van der Waals surface area (Å²) >= 11 is 1.52. The highest BCUT2D eigenvalue weighted by Crippen LogP contribution is 2.45. The second kappa shape index (κ2) is 3.89. The molecule has 6 heteroatoms. The molecule has 2 aromatic heterocycles. The van der Waals surface area contributed by atoms with Crippen LogP contribution in [0.1, 0.15) is 43.1 Å². The summed E-state index contributed by atoms with van der Waals surface area (Å²) in [6, 6.07) is -0.0559. The summed E-state index contributed by atoms with van der Waals surface area (Å²) in [6.45, 7) is 4.10. The third-order valence-corrected chi connectivity index (χ3v) is 4.06. The van der Waals surface area contributed by atoms with E-state index in [0.29, 0.717) is 17.7 Å². The SMILES string of the molecule is CC(N)c1nc(-c2nc(C3CC3C)no2)cs1. The highest BCUT2D eigenvalue weighted by atomic mass is 32.1. The Balaban J connectivity index is 1.85. The van der Waals surface area contributed by atoms with E-state index in [1.807, 2.05) is 12.3 Å². The van der Waals surface area contributed by atoms with Gasteiger partial charge in [-0.25, -0.2) is 4.98 Å². The maximum atomic E-state index is 5.77. The minimum atomic E-state index is -0.0559. The first kappa shape index (κ1) is 10.9. The van der Waals surface area contributed by atoms with Crippen LogP contribution in [-0.4, -0.2) is 15.1 Å². The molecule has 90 valence electrons. The lowest BCUT2D eigenvalue weighted by molar-refractivity contribution is 0.421. The molecule has 1 saturated carbocycles. The minimum Gasteiger partial charge on any atom is -0.332 e. The Morgan fingerprint density at radius 1 is 1.53 bits per heavy atom. The van der Waals surface area contributed by atoms with E-state index in [4.69, 9.17) is 10.3 Å². The highest BCUT2D eigenvalue weighted by molar-refractivity contribution is 7.10. The molecule has 0 aromatic carbocycles. The molecule has 2 heterocycles. The van der Waals surface area contributed by atoms with Crippen LogP contribution in [0.2, 0.25) is 0 Å². The maximum absolute atomic E-state index is 5.77. The van der Waals surface area contributed by atoms with Crippen LogP contribution in [0.15, 0.2) is 9.90 Å². The standard InChI is InChI=1S/C11H14N4OS/c1-5-3-7(5)9-14-10(16-15-9)8-4-17-11(13-8)6(2)12/h4-7H,3,12H2,1-2H3. The predicted octanol–water partition coefficient (Wildman–Crippen LogP) is 2.34. The molecule has 3 unspecified atom stereocenters. The van der Waals surface area contributed by atoms with Gasteiger partial charge in [-0.1, -0.05) is 12.1 Å². The van der Waals surface area contributed by atoms with Crippen LogP contribution < -0.4 is 5.73 Å². The van der Waals surface area contributed by atoms with Crippen molar-refractivity contribution in [1.29, 1.82) is 0 Å². The number of hydrogen-bond donors (Lipinski definition) is 1. The van der Waals surface area contributed by atoms with Gasteiger partial charge in [0.15, 0.2) is 5.82 Å². The van der Waals surface area contributed by atoms with E-state index in [1.54, 1.807) is 0 Å². The van der Waals surface area contributed by atoms with Crippen LogP contribution in [0.5, 0.6) is 0 Å². The summed E-state index contributed by atoms with van der Waals surface area (Å²) in [4.78, 5) is 8.78. The smallest absolute Gasteiger partial charge is 0.277 e. The number of rotatable bonds is 3. The van der Waals surface area contributed by atoms with Crippen molar-refractivity contribution < 1.29 is 4.52 Å². The van der Waals surface area contributed by atoms with Gasteiger partial charge in [-0.2, -0.15) is 4.98 Å². The summed E-state index contributed by atoms with van der Waals surface area (Å²) in [5, 5.41) is 6.80. The minimum absolute atomic E-state index is 0.0559. The summed E-state index contributed by atoms with van der Waals surface area (Å²) in [5.41, 5.74) is 6.50. The Hall–Kier alpha value is -1.27. The molecule has 0 aliphatic heterocycles. The molecule has 2 N–H and O–H groups in total. The molecule has 0 spiro atoms. The zero-order valence-corrected chi connectivity index (χ0v) is 10.6. The maximum Gasteiger partial charge on any atom is 0.277 e. The molecular formula is C11H14N4OS. The number of thiazole rings is 1. The Bertz CT molecular complexity index is 533. The number of hydrogen-bond acceptors (Lipinski definition) is 6. The predicted molar refractivity (Wildman–Crippen MR) is 64.5 cm³/mol. The zero-order chi connectivity index (χ0) is 12.0. The van der Waals surface area contributed by atoms with E-state index in [-0.39, 0.29) is 6.04 Å². The van der Waals surface area contributed by atoms with Crippen molar-refractivity contribution in [3.63, 3.8) is 0 Å². The molecule has 0 amide bonds. The molecule has 1 aliphatic carbocycles. The lowest BCUT2D eigenvalue weighted by Crippen LogP contribution is -2.03. The second-order valence-electron chi connectivity index (χ2n) is 4.64. The summed E-state index contributed by atoms with van der Waals surface area (Å²) < 4.78 is 5.24. The van der Waals surface area contributed by atoms with Crippen LogP contribution in [0.25, 0.3) is 11.6 Å². The number of nitrogens with zero attached hydrogens (tertiary/aromatic N) is 3. The topological polar surface area (TPSA) is 77.8 Å². The summed E-state index contributed by atoms with van der Waals surface area (Å²) in [5.74, 6) is 2.46. The Labute approximate surface area is 103 Å². The Kier molecular flexibility index (Phi) is 2.48. The van der Waals surface area contributed by atoms with Gasteiger partial charge in [-0.3, -0.25) is 0 Å². The third kappa shape index (κ3) is 1.98. The van der Waals surface area contributed by atoms with Crippen LogP contribution >= 0.6 is 11.3 Å². The van der Waals surface area contributed by atoms with Crippen molar-refractivity contribution in [1.82, 2.24) is 15.1 Å². The summed E-state index contributed by atoms with van der Waals surface area (Å²) in [7, 11) is 0. The van der Waals surface area contributed by atoms with Gasteiger partial charge in [0.25, 0.3) is 5.89 Å². The van der Waals surface area contributed by atoms with Crippen molar-refractivity contribution in [3.8, 4) is 11.6 Å². The Morgan fingerprint density at radius 2 is 2.29 bits per heavy atom. The fourth-order valence-corrected chi connectivity index (χ4v) is 2.52. The quantitative estimate of drug-likeness (QED) is 0.904. The Morgan fingerprint density at radius 3 is 2.88 bits per heavy atom. The molecule has 0 radical (unpaired) electrons. The van der Waals surface area contributed by atoms with E-state index in [9.17, 15) is 0 Å². The van der Waals surface area contributed by atoms with Crippen LogP contribution in [-0.2, 0) is 0 Å². The third-order valence-electron chi connectivity index (χ3n) is 3.01. The van der Waals surface area contributed by atoms with Gasteiger partial charge in [0.05, 0.1) is 6.04 Å². The first-order valence-corrected chi connectivity index (χ1v) is 6.58. The molecule has 3 atom stereocenters. The molecule has 17 heavy (non-hydrogen) atoms. The van der Waals surface area contributed by atoms with Gasteiger partial charge < -0.3 is 10.3 Å². The molecule has 0 saturated heterocycles. The zero-order valence-electron chi connectivity index (χ0n) is 9.75. The van der Waals surface area contributed by atoms with Crippen LogP contribution in [0, 0.1) is 5.92 Å². The van der Waals surface area contributed by atoms with Gasteiger partial charge in [-0.05, 0) is 19.3 Å². The first-order chi connectivity index (χ1) is 8.15. The monoisotopic (exact) mass is 250 g/mol. The van der Waals surface area contributed by atoms with E-state index in [0.717, 1.165) is 22.9 Å². The average Bonchev–Trinajstić information content (AvgIpc) is 2.78. The average molecular weight is 250 g/mol. The molecule has 1 fully saturated rings. The van der Waals surface area contributed by atoms with Gasteiger partial charge in [0.2, 0.25) is 0 Å². The van der Waals surface area contributed by atoms with Crippen molar-refractivity contribution in [2.45, 2.75) is 32.2 Å². The molecule has 0 bridgehead atoms. The molecule has 5 nitrogen and oxygen atoms in total. The lowest BCUT2D eigenvalue weighted by atomic mass is 10.3. The van der Waals surface area contributed by atoms with E-state index >= 15 is 0 Å². The molecular weight excluding hydrogens is 236 g/mol. The van der Waals surface area contributed by atoms with Crippen molar-refractivity contribution in [2.24, 2.45) is 11.7 Å². The number of aromatic nitrogens is 3. The molecule has 1 aliphatic rings. The van der Waals surface area contributed by atoms with E-state index in [2.05, 4.69) is 22.0 Å². The normalized spacial score (nSPS) is 24.9.